The Morgan fingerprint density at radius 1 is 1.40 bits per heavy atom. The zero-order chi connectivity index (χ0) is 17.6. The first-order valence-electron chi connectivity index (χ1n) is 8.18. The fourth-order valence-corrected chi connectivity index (χ4v) is 3.15. The third-order valence-electron chi connectivity index (χ3n) is 4.71. The Bertz CT molecular complexity index is 999. The van der Waals surface area contributed by atoms with Gasteiger partial charge in [-0.1, -0.05) is 6.08 Å². The van der Waals surface area contributed by atoms with Gasteiger partial charge in [-0.05, 0) is 42.5 Å². The van der Waals surface area contributed by atoms with E-state index in [4.69, 9.17) is 11.0 Å². The van der Waals surface area contributed by atoms with Crippen molar-refractivity contribution in [2.45, 2.75) is 13.3 Å². The van der Waals surface area contributed by atoms with Crippen LogP contribution in [0, 0.1) is 23.2 Å². The number of nitrogen functional groups attached to an aromatic ring is 1. The summed E-state index contributed by atoms with van der Waals surface area (Å²) >= 11 is 0. The fraction of sp³-hybridized carbons (Fsp3) is 0.263. The highest BCUT2D eigenvalue weighted by Gasteiger charge is 2.43. The normalized spacial score (nSPS) is 21.4. The van der Waals surface area contributed by atoms with Crippen molar-refractivity contribution >= 4 is 33.9 Å². The van der Waals surface area contributed by atoms with Gasteiger partial charge in [-0.2, -0.15) is 5.26 Å². The molecule has 1 saturated carbocycles. The van der Waals surface area contributed by atoms with Crippen molar-refractivity contribution in [1.82, 2.24) is 4.98 Å². The first-order valence-corrected chi connectivity index (χ1v) is 8.18. The van der Waals surface area contributed by atoms with E-state index >= 15 is 0 Å². The van der Waals surface area contributed by atoms with Gasteiger partial charge in [-0.15, -0.1) is 0 Å². The molecule has 0 saturated heterocycles. The van der Waals surface area contributed by atoms with Gasteiger partial charge in [0.15, 0.2) is 0 Å². The Kier molecular flexibility index (Phi) is 3.50. The van der Waals surface area contributed by atoms with Crippen molar-refractivity contribution in [2.75, 3.05) is 17.6 Å². The molecule has 1 fully saturated rings. The molecule has 1 aliphatic heterocycles. The van der Waals surface area contributed by atoms with Crippen molar-refractivity contribution in [3.63, 3.8) is 0 Å². The third-order valence-corrected chi connectivity index (χ3v) is 4.71. The maximum atomic E-state index is 12.1. The van der Waals surface area contributed by atoms with Gasteiger partial charge in [0.25, 0.3) is 0 Å². The van der Waals surface area contributed by atoms with E-state index in [1.165, 1.54) is 0 Å². The van der Waals surface area contributed by atoms with E-state index in [1.54, 1.807) is 6.20 Å². The van der Waals surface area contributed by atoms with E-state index in [-0.39, 0.29) is 17.7 Å². The maximum absolute atomic E-state index is 12.1. The number of aliphatic imine (C=N–C) groups is 1. The first-order chi connectivity index (χ1) is 12.1. The van der Waals surface area contributed by atoms with E-state index in [9.17, 15) is 4.79 Å². The summed E-state index contributed by atoms with van der Waals surface area (Å²) in [5.41, 5.74) is 9.86. The highest BCUT2D eigenvalue weighted by molar-refractivity contribution is 6.16. The topological polar surface area (TPSA) is 104 Å². The lowest BCUT2D eigenvalue weighted by atomic mass is 10.00. The van der Waals surface area contributed by atoms with Gasteiger partial charge < -0.3 is 11.1 Å². The molecule has 0 bridgehead atoms. The average molecular weight is 331 g/mol. The molecule has 6 heteroatoms. The number of nitrogens with one attached hydrogen (secondary N) is 1. The van der Waals surface area contributed by atoms with Crippen LogP contribution in [-0.2, 0) is 4.79 Å². The molecule has 2 unspecified atom stereocenters. The number of allylic oxidation sites excluding steroid dienone is 1. The summed E-state index contributed by atoms with van der Waals surface area (Å²) in [6.45, 7) is 2.73. The largest absolute Gasteiger partial charge is 0.398 e. The van der Waals surface area contributed by atoms with Crippen LogP contribution in [0.5, 0.6) is 0 Å². The molecule has 25 heavy (non-hydrogen) atoms. The number of pyridine rings is 1. The molecule has 2 aromatic rings. The number of amides is 1. The standard InChI is InChI=1S/C19H17N5O/c1-10-2-3-22-18(10)12-4-11-7-17(23-9-15(11)16(21)6-12)24-19(25)14-5-13(14)8-20/h2,4,6-7,9,13-14H,3,5,21H2,1H3,(H,23,24,25). The van der Waals surface area contributed by atoms with Gasteiger partial charge >= 0.3 is 0 Å². The number of nitriles is 1. The number of aromatic nitrogens is 1. The van der Waals surface area contributed by atoms with Gasteiger partial charge in [0.05, 0.1) is 30.2 Å². The summed E-state index contributed by atoms with van der Waals surface area (Å²) in [5.74, 6) is -0.0721. The number of nitrogens with zero attached hydrogens (tertiary/aromatic N) is 3. The molecule has 6 nitrogen and oxygen atoms in total. The SMILES string of the molecule is CC1=CCN=C1c1cc(N)c2cnc(NC(=O)C3CC3C#N)cc2c1. The summed E-state index contributed by atoms with van der Waals surface area (Å²) in [7, 11) is 0. The lowest BCUT2D eigenvalue weighted by Crippen LogP contribution is -2.15. The Balaban J connectivity index is 1.66. The minimum Gasteiger partial charge on any atom is -0.398 e. The predicted molar refractivity (Wildman–Crippen MR) is 97.2 cm³/mol. The second kappa shape index (κ2) is 5.71. The van der Waals surface area contributed by atoms with Gasteiger partial charge in [-0.25, -0.2) is 4.98 Å². The summed E-state index contributed by atoms with van der Waals surface area (Å²) in [4.78, 5) is 20.9. The molecule has 1 amide bonds. The van der Waals surface area contributed by atoms with Crippen LogP contribution in [-0.4, -0.2) is 23.1 Å². The molecule has 4 rings (SSSR count). The molecule has 0 spiro atoms. The van der Waals surface area contributed by atoms with Gasteiger partial charge in [0.1, 0.15) is 5.82 Å². The summed E-state index contributed by atoms with van der Waals surface area (Å²) < 4.78 is 0. The average Bonchev–Trinajstić information content (AvgIpc) is 3.27. The number of fused-ring (bicyclic) bond motifs is 1. The molecular formula is C19H17N5O. The summed E-state index contributed by atoms with van der Waals surface area (Å²) in [6, 6.07) is 7.85. The quantitative estimate of drug-likeness (QED) is 0.844. The van der Waals surface area contributed by atoms with Crippen molar-refractivity contribution in [2.24, 2.45) is 16.8 Å². The second-order valence-corrected chi connectivity index (χ2v) is 6.50. The smallest absolute Gasteiger partial charge is 0.230 e. The molecule has 1 aromatic heterocycles. The molecule has 2 atom stereocenters. The number of nitrogens with two attached hydrogens (primary N) is 1. The minimum absolute atomic E-state index is 0.151. The van der Waals surface area contributed by atoms with Crippen LogP contribution < -0.4 is 11.1 Å². The minimum atomic E-state index is -0.223. The molecule has 2 aliphatic rings. The number of benzene rings is 1. The highest BCUT2D eigenvalue weighted by Crippen LogP contribution is 2.38. The number of hydrogen-bond acceptors (Lipinski definition) is 5. The second-order valence-electron chi connectivity index (χ2n) is 6.50. The number of carbonyl (C=O) groups is 1. The molecule has 1 aromatic carbocycles. The number of rotatable bonds is 3. The van der Waals surface area contributed by atoms with Gasteiger partial charge in [0, 0.05) is 22.8 Å². The maximum Gasteiger partial charge on any atom is 0.230 e. The van der Waals surface area contributed by atoms with Crippen molar-refractivity contribution < 1.29 is 4.79 Å². The molecule has 0 radical (unpaired) electrons. The fourth-order valence-electron chi connectivity index (χ4n) is 3.15. The molecule has 2 heterocycles. The highest BCUT2D eigenvalue weighted by atomic mass is 16.2. The van der Waals surface area contributed by atoms with E-state index in [0.717, 1.165) is 27.6 Å². The van der Waals surface area contributed by atoms with Crippen molar-refractivity contribution in [3.8, 4) is 6.07 Å². The number of carbonyl (C=O) groups excluding carboxylic acids is 1. The Morgan fingerprint density at radius 3 is 2.92 bits per heavy atom. The Hall–Kier alpha value is -3.20. The van der Waals surface area contributed by atoms with Crippen LogP contribution in [0.2, 0.25) is 0 Å². The van der Waals surface area contributed by atoms with Crippen LogP contribution in [0.25, 0.3) is 10.8 Å². The van der Waals surface area contributed by atoms with Crippen LogP contribution in [0.1, 0.15) is 18.9 Å². The zero-order valence-corrected chi connectivity index (χ0v) is 13.8. The predicted octanol–water partition coefficient (Wildman–Crippen LogP) is 2.66. The van der Waals surface area contributed by atoms with Gasteiger partial charge in [0.2, 0.25) is 5.91 Å². The van der Waals surface area contributed by atoms with E-state index in [2.05, 4.69) is 27.4 Å². The van der Waals surface area contributed by atoms with Crippen LogP contribution in [0.4, 0.5) is 11.5 Å². The summed E-state index contributed by atoms with van der Waals surface area (Å²) in [6.07, 6.45) is 4.37. The van der Waals surface area contributed by atoms with Crippen LogP contribution in [0.3, 0.4) is 0 Å². The van der Waals surface area contributed by atoms with E-state index in [0.29, 0.717) is 24.5 Å². The zero-order valence-electron chi connectivity index (χ0n) is 13.8. The Labute approximate surface area is 145 Å². The first kappa shape index (κ1) is 15.3. The van der Waals surface area contributed by atoms with Crippen LogP contribution >= 0.6 is 0 Å². The molecular weight excluding hydrogens is 314 g/mol. The van der Waals surface area contributed by atoms with Gasteiger partial charge in [-0.3, -0.25) is 9.79 Å². The Morgan fingerprint density at radius 2 is 2.24 bits per heavy atom. The third kappa shape index (κ3) is 2.74. The molecule has 1 aliphatic carbocycles. The number of hydrogen-bond donors (Lipinski definition) is 2. The van der Waals surface area contributed by atoms with Crippen molar-refractivity contribution in [3.05, 3.63) is 41.6 Å². The molecule has 124 valence electrons. The van der Waals surface area contributed by atoms with Crippen molar-refractivity contribution in [1.29, 1.82) is 5.26 Å². The monoisotopic (exact) mass is 331 g/mol. The van der Waals surface area contributed by atoms with Crippen LogP contribution in [0.15, 0.2) is 41.0 Å². The number of anilines is 2. The lowest BCUT2D eigenvalue weighted by Gasteiger charge is -2.10. The van der Waals surface area contributed by atoms with E-state index < -0.39 is 0 Å². The molecule has 3 N–H and O–H groups in total. The lowest BCUT2D eigenvalue weighted by molar-refractivity contribution is -0.117. The van der Waals surface area contributed by atoms with E-state index in [1.807, 2.05) is 25.1 Å². The summed E-state index contributed by atoms with van der Waals surface area (Å²) in [5, 5.41) is 13.4.